The Bertz CT molecular complexity index is 933. The number of fused-ring (bicyclic) bond motifs is 5. The molecule has 2 heterocycles. The molecular formula is C24H29N3O4. The number of likely N-dealkylation sites (N-methyl/N-ethyl adjacent to an activating group) is 1. The second-order valence-corrected chi connectivity index (χ2v) is 8.16. The molecule has 31 heavy (non-hydrogen) atoms. The van der Waals surface area contributed by atoms with Gasteiger partial charge in [0.25, 0.3) is 0 Å². The van der Waals surface area contributed by atoms with Gasteiger partial charge in [0, 0.05) is 20.0 Å². The molecule has 1 saturated heterocycles. The molecule has 164 valence electrons. The fourth-order valence-electron chi connectivity index (χ4n) is 3.98. The summed E-state index contributed by atoms with van der Waals surface area (Å²) in [4.78, 5) is 26.6. The summed E-state index contributed by atoms with van der Waals surface area (Å²) in [5.41, 5.74) is 2.03. The lowest BCUT2D eigenvalue weighted by Gasteiger charge is -2.33. The van der Waals surface area contributed by atoms with Crippen molar-refractivity contribution in [1.82, 2.24) is 15.5 Å². The Kier molecular flexibility index (Phi) is 6.84. The number of ether oxygens (including phenoxy) is 2. The lowest BCUT2D eigenvalue weighted by atomic mass is 10.0. The van der Waals surface area contributed by atoms with Crippen LogP contribution in [-0.2, 0) is 27.4 Å². The average molecular weight is 424 g/mol. The molecule has 2 aliphatic heterocycles. The van der Waals surface area contributed by atoms with Crippen LogP contribution < -0.4 is 15.4 Å². The van der Waals surface area contributed by atoms with Crippen molar-refractivity contribution < 1.29 is 19.1 Å². The molecule has 2 N–H and O–H groups in total. The topological polar surface area (TPSA) is 79.9 Å². The molecule has 2 aromatic rings. The average Bonchev–Trinajstić information content (AvgIpc) is 2.77. The predicted octanol–water partition coefficient (Wildman–Crippen LogP) is 2.25. The second kappa shape index (κ2) is 9.94. The number of piperidine rings is 1. The van der Waals surface area contributed by atoms with Crippen molar-refractivity contribution in [2.24, 2.45) is 0 Å². The Morgan fingerprint density at radius 1 is 1.00 bits per heavy atom. The van der Waals surface area contributed by atoms with Gasteiger partial charge in [-0.15, -0.1) is 0 Å². The van der Waals surface area contributed by atoms with E-state index in [0.29, 0.717) is 26.0 Å². The van der Waals surface area contributed by atoms with E-state index in [1.165, 1.54) is 4.90 Å². The van der Waals surface area contributed by atoms with E-state index in [9.17, 15) is 9.59 Å². The molecule has 4 bridgehead atoms. The fraction of sp³-hybridized carbons (Fsp3) is 0.417. The molecule has 0 saturated carbocycles. The van der Waals surface area contributed by atoms with Gasteiger partial charge in [0.2, 0.25) is 11.8 Å². The van der Waals surface area contributed by atoms with E-state index in [0.717, 1.165) is 35.6 Å². The van der Waals surface area contributed by atoms with Crippen LogP contribution >= 0.6 is 0 Å². The van der Waals surface area contributed by atoms with Crippen LogP contribution in [0, 0.1) is 0 Å². The third-order valence-corrected chi connectivity index (χ3v) is 5.70. The van der Waals surface area contributed by atoms with Crippen molar-refractivity contribution in [1.29, 1.82) is 0 Å². The van der Waals surface area contributed by atoms with Crippen LogP contribution in [0.2, 0.25) is 0 Å². The normalized spacial score (nSPS) is 23.1. The van der Waals surface area contributed by atoms with E-state index in [4.69, 9.17) is 9.47 Å². The van der Waals surface area contributed by atoms with Gasteiger partial charge in [0.05, 0.1) is 25.3 Å². The molecule has 2 amide bonds. The van der Waals surface area contributed by atoms with Crippen LogP contribution in [-0.4, -0.2) is 55.5 Å². The molecule has 0 spiro atoms. The summed E-state index contributed by atoms with van der Waals surface area (Å²) in [5.74, 6) is 1.24. The Labute approximate surface area is 182 Å². The summed E-state index contributed by atoms with van der Waals surface area (Å²) < 4.78 is 12.2. The summed E-state index contributed by atoms with van der Waals surface area (Å²) in [6.45, 7) is 1.96. The first-order valence-corrected chi connectivity index (χ1v) is 10.8. The van der Waals surface area contributed by atoms with Crippen molar-refractivity contribution >= 4 is 11.8 Å². The molecule has 0 aliphatic carbocycles. The second-order valence-electron chi connectivity index (χ2n) is 8.16. The lowest BCUT2D eigenvalue weighted by molar-refractivity contribution is -0.135. The van der Waals surface area contributed by atoms with Crippen LogP contribution in [0.1, 0.15) is 24.0 Å². The van der Waals surface area contributed by atoms with E-state index >= 15 is 0 Å². The van der Waals surface area contributed by atoms with E-state index in [-0.39, 0.29) is 30.5 Å². The Hall–Kier alpha value is -2.90. The maximum absolute atomic E-state index is 12.6. The Morgan fingerprint density at radius 3 is 2.55 bits per heavy atom. The minimum Gasteiger partial charge on any atom is -0.457 e. The molecule has 4 rings (SSSR count). The van der Waals surface area contributed by atoms with Crippen LogP contribution in [0.4, 0.5) is 0 Å². The number of benzene rings is 2. The third-order valence-electron chi connectivity index (χ3n) is 5.70. The van der Waals surface area contributed by atoms with E-state index in [1.807, 2.05) is 48.5 Å². The molecule has 7 nitrogen and oxygen atoms in total. The van der Waals surface area contributed by atoms with Crippen LogP contribution in [0.5, 0.6) is 11.5 Å². The SMILES string of the molecule is CN1CC(=O)N[C@H]2CNCC[C@H]2OCc2cccc(c2)Oc2cccc(c2)CCC1=O. The first kappa shape index (κ1) is 21.3. The van der Waals surface area contributed by atoms with Gasteiger partial charge in [-0.05, 0) is 54.8 Å². The third kappa shape index (κ3) is 5.83. The summed E-state index contributed by atoms with van der Waals surface area (Å²) >= 11 is 0. The Morgan fingerprint density at radius 2 is 1.74 bits per heavy atom. The van der Waals surface area contributed by atoms with Gasteiger partial charge in [-0.25, -0.2) is 0 Å². The first-order valence-electron chi connectivity index (χ1n) is 10.8. The summed E-state index contributed by atoms with van der Waals surface area (Å²) in [6, 6.07) is 15.5. The molecule has 2 aliphatic rings. The number of carbonyl (C=O) groups excluding carboxylic acids is 2. The van der Waals surface area contributed by atoms with Crippen LogP contribution in [0.3, 0.4) is 0 Å². The molecule has 0 radical (unpaired) electrons. The van der Waals surface area contributed by atoms with E-state index in [1.54, 1.807) is 7.05 Å². The number of carbonyl (C=O) groups is 2. The van der Waals surface area contributed by atoms with Gasteiger partial charge in [-0.1, -0.05) is 24.3 Å². The number of amides is 2. The van der Waals surface area contributed by atoms with Crippen LogP contribution in [0.15, 0.2) is 48.5 Å². The van der Waals surface area contributed by atoms with Gasteiger partial charge in [-0.2, -0.15) is 0 Å². The van der Waals surface area contributed by atoms with Gasteiger partial charge in [-0.3, -0.25) is 9.59 Å². The Balaban J connectivity index is 1.57. The molecule has 0 aromatic heterocycles. The van der Waals surface area contributed by atoms with Crippen molar-refractivity contribution in [2.45, 2.75) is 38.0 Å². The molecular weight excluding hydrogens is 394 g/mol. The highest BCUT2D eigenvalue weighted by molar-refractivity contribution is 5.84. The van der Waals surface area contributed by atoms with Crippen molar-refractivity contribution in [2.75, 3.05) is 26.7 Å². The van der Waals surface area contributed by atoms with Crippen LogP contribution in [0.25, 0.3) is 0 Å². The molecule has 7 heteroatoms. The number of hydrogen-bond donors (Lipinski definition) is 2. The van der Waals surface area contributed by atoms with Crippen molar-refractivity contribution in [3.63, 3.8) is 0 Å². The number of nitrogens with one attached hydrogen (secondary N) is 2. The van der Waals surface area contributed by atoms with E-state index in [2.05, 4.69) is 10.6 Å². The van der Waals surface area contributed by atoms with Gasteiger partial charge in [0.15, 0.2) is 0 Å². The van der Waals surface area contributed by atoms with Crippen molar-refractivity contribution in [3.8, 4) is 11.5 Å². The maximum Gasteiger partial charge on any atom is 0.239 e. The lowest BCUT2D eigenvalue weighted by Crippen LogP contribution is -2.56. The standard InChI is InChI=1S/C24H29N3O4/c1-27-15-23(28)26-21-14-25-11-10-22(21)30-16-18-5-3-7-20(13-18)31-19-6-2-4-17(12-19)8-9-24(27)29/h2-7,12-13,21-22,25H,8-11,14-16H2,1H3,(H,26,28)/t21-,22+/m0/s1. The summed E-state index contributed by atoms with van der Waals surface area (Å²) in [7, 11) is 1.67. The maximum atomic E-state index is 12.6. The molecule has 2 aromatic carbocycles. The minimum atomic E-state index is -0.170. The van der Waals surface area contributed by atoms with E-state index < -0.39 is 0 Å². The summed E-state index contributed by atoms with van der Waals surface area (Å²) in [5, 5.41) is 6.35. The smallest absolute Gasteiger partial charge is 0.239 e. The minimum absolute atomic E-state index is 0.0350. The quantitative estimate of drug-likeness (QED) is 0.680. The first-order chi connectivity index (χ1) is 15.1. The zero-order valence-corrected chi connectivity index (χ0v) is 17.8. The highest BCUT2D eigenvalue weighted by atomic mass is 16.5. The molecule has 1 fully saturated rings. The van der Waals surface area contributed by atoms with Crippen molar-refractivity contribution in [3.05, 3.63) is 59.7 Å². The van der Waals surface area contributed by atoms with Gasteiger partial charge < -0.3 is 25.0 Å². The summed E-state index contributed by atoms with van der Waals surface area (Å²) in [6.07, 6.45) is 1.64. The molecule has 2 atom stereocenters. The monoisotopic (exact) mass is 423 g/mol. The predicted molar refractivity (Wildman–Crippen MR) is 117 cm³/mol. The largest absolute Gasteiger partial charge is 0.457 e. The molecule has 0 unspecified atom stereocenters. The van der Waals surface area contributed by atoms with Gasteiger partial charge >= 0.3 is 0 Å². The number of aryl methyl sites for hydroxylation is 1. The zero-order valence-electron chi connectivity index (χ0n) is 17.8. The number of rotatable bonds is 0. The highest BCUT2D eigenvalue weighted by Gasteiger charge is 2.28. The zero-order chi connectivity index (χ0) is 21.6. The fourth-order valence-corrected chi connectivity index (χ4v) is 3.98. The number of nitrogens with zero attached hydrogens (tertiary/aromatic N) is 1. The highest BCUT2D eigenvalue weighted by Crippen LogP contribution is 2.24. The number of hydrogen-bond acceptors (Lipinski definition) is 5. The van der Waals surface area contributed by atoms with Gasteiger partial charge in [0.1, 0.15) is 11.5 Å².